The van der Waals surface area contributed by atoms with Crippen molar-refractivity contribution in [2.24, 2.45) is 4.99 Å². The second kappa shape index (κ2) is 10.6. The molecule has 0 saturated heterocycles. The van der Waals surface area contributed by atoms with E-state index in [2.05, 4.69) is 9.71 Å². The Labute approximate surface area is 165 Å². The van der Waals surface area contributed by atoms with E-state index in [4.69, 9.17) is 23.7 Å². The molecule has 0 fully saturated rings. The third-order valence-electron chi connectivity index (χ3n) is 4.07. The summed E-state index contributed by atoms with van der Waals surface area (Å²) in [6, 6.07) is 4.52. The summed E-state index contributed by atoms with van der Waals surface area (Å²) in [5, 5.41) is 0. The molecule has 0 saturated carbocycles. The maximum absolute atomic E-state index is 12.6. The van der Waals surface area contributed by atoms with Crippen molar-refractivity contribution in [2.75, 3.05) is 59.4 Å². The topological polar surface area (TPSA) is 105 Å². The van der Waals surface area contributed by atoms with Gasteiger partial charge in [0, 0.05) is 19.0 Å². The molecule has 1 aromatic carbocycles. The first kappa shape index (κ1) is 20.8. The largest absolute Gasteiger partial charge is 0.487 e. The standard InChI is InChI=1S/C18H26N2O7S/c21-28(22,20-18-2-1-5-19-18)15-3-4-16-17(14-15)27-13-11-25-9-7-23-6-8-24-10-12-26-16/h3-4,14H,1-2,5-13H2,(H,19,20). The van der Waals surface area contributed by atoms with E-state index < -0.39 is 10.0 Å². The zero-order chi connectivity index (χ0) is 19.7. The monoisotopic (exact) mass is 414 g/mol. The predicted octanol–water partition coefficient (Wildman–Crippen LogP) is 0.978. The van der Waals surface area contributed by atoms with Crippen molar-refractivity contribution < 1.29 is 32.1 Å². The van der Waals surface area contributed by atoms with Gasteiger partial charge in [0.2, 0.25) is 0 Å². The molecule has 1 aromatic rings. The van der Waals surface area contributed by atoms with E-state index in [0.29, 0.717) is 76.5 Å². The highest BCUT2D eigenvalue weighted by molar-refractivity contribution is 7.90. The first-order valence-electron chi connectivity index (χ1n) is 9.34. The van der Waals surface area contributed by atoms with Crippen LogP contribution in [-0.4, -0.2) is 73.7 Å². The number of fused-ring (bicyclic) bond motifs is 1. The van der Waals surface area contributed by atoms with Gasteiger partial charge in [-0.3, -0.25) is 9.71 Å². The Bertz CT molecular complexity index is 767. The van der Waals surface area contributed by atoms with Crippen LogP contribution in [0.3, 0.4) is 0 Å². The zero-order valence-corrected chi connectivity index (χ0v) is 16.5. The van der Waals surface area contributed by atoms with Crippen molar-refractivity contribution in [3.05, 3.63) is 18.2 Å². The van der Waals surface area contributed by atoms with Crippen molar-refractivity contribution in [2.45, 2.75) is 17.7 Å². The summed E-state index contributed by atoms with van der Waals surface area (Å²) in [4.78, 5) is 4.25. The van der Waals surface area contributed by atoms with Crippen molar-refractivity contribution in [3.8, 4) is 11.5 Å². The Kier molecular flexibility index (Phi) is 7.90. The van der Waals surface area contributed by atoms with E-state index in [0.717, 1.165) is 6.42 Å². The average Bonchev–Trinajstić information content (AvgIpc) is 3.17. The first-order chi connectivity index (χ1) is 13.6. The molecule has 0 atom stereocenters. The lowest BCUT2D eigenvalue weighted by Crippen LogP contribution is -2.29. The van der Waals surface area contributed by atoms with Crippen LogP contribution >= 0.6 is 0 Å². The molecule has 0 aliphatic carbocycles. The van der Waals surface area contributed by atoms with Crippen LogP contribution in [0.1, 0.15) is 12.8 Å². The van der Waals surface area contributed by atoms with E-state index in [1.54, 1.807) is 6.07 Å². The molecule has 1 N–H and O–H groups in total. The van der Waals surface area contributed by atoms with E-state index >= 15 is 0 Å². The molecule has 9 nitrogen and oxygen atoms in total. The van der Waals surface area contributed by atoms with Gasteiger partial charge in [-0.25, -0.2) is 8.42 Å². The van der Waals surface area contributed by atoms with Crippen LogP contribution in [0.4, 0.5) is 0 Å². The molecule has 2 aliphatic rings. The lowest BCUT2D eigenvalue weighted by molar-refractivity contribution is 0.00708. The minimum atomic E-state index is -3.73. The van der Waals surface area contributed by atoms with Crippen LogP contribution in [0.5, 0.6) is 11.5 Å². The Morgan fingerprint density at radius 1 is 0.821 bits per heavy atom. The molecule has 0 amide bonds. The summed E-state index contributed by atoms with van der Waals surface area (Å²) in [7, 11) is -3.73. The Morgan fingerprint density at radius 2 is 1.43 bits per heavy atom. The maximum atomic E-state index is 12.6. The number of amidine groups is 1. The molecule has 10 heteroatoms. The van der Waals surface area contributed by atoms with Crippen LogP contribution in [0.15, 0.2) is 28.1 Å². The van der Waals surface area contributed by atoms with Crippen LogP contribution in [0.25, 0.3) is 0 Å². The van der Waals surface area contributed by atoms with Crippen LogP contribution < -0.4 is 14.2 Å². The van der Waals surface area contributed by atoms with Gasteiger partial charge in [0.15, 0.2) is 11.5 Å². The predicted molar refractivity (Wildman–Crippen MR) is 102 cm³/mol. The van der Waals surface area contributed by atoms with Crippen molar-refractivity contribution in [3.63, 3.8) is 0 Å². The van der Waals surface area contributed by atoms with Gasteiger partial charge >= 0.3 is 0 Å². The number of rotatable bonds is 2. The van der Waals surface area contributed by atoms with E-state index in [1.807, 2.05) is 0 Å². The summed E-state index contributed by atoms with van der Waals surface area (Å²) in [6.45, 7) is 3.86. The summed E-state index contributed by atoms with van der Waals surface area (Å²) in [5.74, 6) is 1.28. The first-order valence-corrected chi connectivity index (χ1v) is 10.8. The van der Waals surface area contributed by atoms with Gasteiger partial charge in [-0.15, -0.1) is 0 Å². The fraction of sp³-hybridized carbons (Fsp3) is 0.611. The minimum absolute atomic E-state index is 0.0907. The highest BCUT2D eigenvalue weighted by Gasteiger charge is 2.20. The van der Waals surface area contributed by atoms with Gasteiger partial charge in [0.25, 0.3) is 10.0 Å². The van der Waals surface area contributed by atoms with Gasteiger partial charge in [0.1, 0.15) is 19.0 Å². The second-order valence-corrected chi connectivity index (χ2v) is 7.86. The minimum Gasteiger partial charge on any atom is -0.487 e. The number of hydrogen-bond acceptors (Lipinski definition) is 8. The SMILES string of the molecule is O=S(=O)(NC1=NCCC1)c1ccc2c(c1)OCCOCCOCCOCCO2. The van der Waals surface area contributed by atoms with Crippen LogP contribution in [0.2, 0.25) is 0 Å². The number of aliphatic imine (C=N–C) groups is 1. The Morgan fingerprint density at radius 3 is 2.04 bits per heavy atom. The highest BCUT2D eigenvalue weighted by Crippen LogP contribution is 2.30. The molecule has 2 aliphatic heterocycles. The molecule has 0 radical (unpaired) electrons. The number of sulfonamides is 1. The Balaban J connectivity index is 1.72. The van der Waals surface area contributed by atoms with E-state index in [9.17, 15) is 8.42 Å². The number of hydrogen-bond donors (Lipinski definition) is 1. The summed E-state index contributed by atoms with van der Waals surface area (Å²) in [6.07, 6.45) is 1.48. The number of benzene rings is 1. The molecular formula is C18H26N2O7S. The van der Waals surface area contributed by atoms with Crippen LogP contribution in [0, 0.1) is 0 Å². The molecule has 2 heterocycles. The molecule has 0 bridgehead atoms. The fourth-order valence-corrected chi connectivity index (χ4v) is 3.79. The van der Waals surface area contributed by atoms with Gasteiger partial charge < -0.3 is 23.7 Å². The zero-order valence-electron chi connectivity index (χ0n) is 15.7. The average molecular weight is 414 g/mol. The van der Waals surface area contributed by atoms with Gasteiger partial charge in [-0.2, -0.15) is 0 Å². The molecule has 3 rings (SSSR count). The van der Waals surface area contributed by atoms with Gasteiger partial charge in [0.05, 0.1) is 44.5 Å². The molecular weight excluding hydrogens is 388 g/mol. The quantitative estimate of drug-likeness (QED) is 0.769. The molecule has 0 aromatic heterocycles. The third-order valence-corrected chi connectivity index (χ3v) is 5.45. The molecule has 156 valence electrons. The van der Waals surface area contributed by atoms with Crippen molar-refractivity contribution in [1.29, 1.82) is 0 Å². The van der Waals surface area contributed by atoms with Crippen LogP contribution in [-0.2, 0) is 24.2 Å². The smallest absolute Gasteiger partial charge is 0.262 e. The number of nitrogens with zero attached hydrogens (tertiary/aromatic N) is 1. The summed E-state index contributed by atoms with van der Waals surface area (Å²) < 4.78 is 55.4. The van der Waals surface area contributed by atoms with E-state index in [-0.39, 0.29) is 11.5 Å². The van der Waals surface area contributed by atoms with E-state index in [1.165, 1.54) is 12.1 Å². The highest BCUT2D eigenvalue weighted by atomic mass is 32.2. The van der Waals surface area contributed by atoms with Crippen molar-refractivity contribution in [1.82, 2.24) is 4.72 Å². The third kappa shape index (κ3) is 6.33. The van der Waals surface area contributed by atoms with Crippen molar-refractivity contribution >= 4 is 15.9 Å². The second-order valence-electron chi connectivity index (χ2n) is 6.18. The molecule has 0 unspecified atom stereocenters. The summed E-state index contributed by atoms with van der Waals surface area (Å²) in [5.41, 5.74) is 0. The van der Waals surface area contributed by atoms with Gasteiger partial charge in [-0.05, 0) is 18.6 Å². The van der Waals surface area contributed by atoms with Gasteiger partial charge in [-0.1, -0.05) is 0 Å². The molecule has 28 heavy (non-hydrogen) atoms. The fourth-order valence-electron chi connectivity index (χ4n) is 2.69. The number of ether oxygens (including phenoxy) is 5. The Hall–Kier alpha value is -1.88. The summed E-state index contributed by atoms with van der Waals surface area (Å²) >= 11 is 0. The number of nitrogens with one attached hydrogen (secondary N) is 1. The molecule has 0 spiro atoms. The maximum Gasteiger partial charge on any atom is 0.262 e. The lowest BCUT2D eigenvalue weighted by Gasteiger charge is -2.15. The lowest BCUT2D eigenvalue weighted by atomic mass is 10.3. The normalized spacial score (nSPS) is 19.9.